The predicted molar refractivity (Wildman–Crippen MR) is 129 cm³/mol. The zero-order chi connectivity index (χ0) is 22.9. The molecule has 3 aromatic carbocycles. The first-order chi connectivity index (χ1) is 16.0. The molecular formula is C26H20FN3O2S. The van der Waals surface area contributed by atoms with Gasteiger partial charge in [0.15, 0.2) is 0 Å². The molecule has 5 rings (SSSR count). The first-order valence-electron chi connectivity index (χ1n) is 10.5. The zero-order valence-electron chi connectivity index (χ0n) is 17.8. The fraction of sp³-hybridized carbons (Fsp3) is 0.115. The van der Waals surface area contributed by atoms with E-state index in [-0.39, 0.29) is 23.8 Å². The van der Waals surface area contributed by atoms with Crippen molar-refractivity contribution in [2.24, 2.45) is 0 Å². The van der Waals surface area contributed by atoms with E-state index in [1.165, 1.54) is 17.4 Å². The highest BCUT2D eigenvalue weighted by Gasteiger charge is 2.24. The van der Waals surface area contributed by atoms with Gasteiger partial charge < -0.3 is 9.88 Å². The number of nitrogens with one attached hydrogen (secondary N) is 1. The van der Waals surface area contributed by atoms with Gasteiger partial charge in [0, 0.05) is 16.6 Å². The first-order valence-corrected chi connectivity index (χ1v) is 11.3. The summed E-state index contributed by atoms with van der Waals surface area (Å²) in [5.74, 6) is -0.170. The number of carbonyl (C=O) groups is 1. The van der Waals surface area contributed by atoms with Gasteiger partial charge in [-0.2, -0.15) is 0 Å². The molecule has 0 atom stereocenters. The number of para-hydroxylation sites is 1. The van der Waals surface area contributed by atoms with Gasteiger partial charge in [0.2, 0.25) is 0 Å². The van der Waals surface area contributed by atoms with E-state index < -0.39 is 0 Å². The van der Waals surface area contributed by atoms with Crippen LogP contribution in [-0.2, 0) is 13.1 Å². The topological polar surface area (TPSA) is 66.1 Å². The number of hydrogen-bond donors (Lipinski definition) is 1. The van der Waals surface area contributed by atoms with E-state index in [2.05, 4.69) is 9.97 Å². The van der Waals surface area contributed by atoms with Crippen LogP contribution in [0.4, 0.5) is 4.39 Å². The summed E-state index contributed by atoms with van der Waals surface area (Å²) in [6.45, 7) is 2.21. The Kier molecular flexibility index (Phi) is 5.48. The van der Waals surface area contributed by atoms with Crippen LogP contribution in [0.1, 0.15) is 26.6 Å². The maximum absolute atomic E-state index is 14.4. The van der Waals surface area contributed by atoms with Crippen molar-refractivity contribution in [3.63, 3.8) is 0 Å². The third-order valence-corrected chi connectivity index (χ3v) is 6.85. The van der Waals surface area contributed by atoms with Crippen molar-refractivity contribution < 1.29 is 9.18 Å². The third kappa shape index (κ3) is 4.03. The van der Waals surface area contributed by atoms with Gasteiger partial charge in [-0.15, -0.1) is 11.3 Å². The maximum Gasteiger partial charge on any atom is 0.264 e. The van der Waals surface area contributed by atoms with E-state index >= 15 is 0 Å². The number of amides is 1. The molecule has 0 aliphatic carbocycles. The SMILES string of the molecule is Cc1c(C(=O)N(Cc2ccccc2)Cc2nc3ccccc3c(=O)[nH]2)sc2cccc(F)c12. The molecule has 0 aliphatic heterocycles. The largest absolute Gasteiger partial charge is 0.326 e. The molecule has 0 bridgehead atoms. The van der Waals surface area contributed by atoms with E-state index in [9.17, 15) is 14.0 Å². The normalized spacial score (nSPS) is 11.2. The summed E-state index contributed by atoms with van der Waals surface area (Å²) in [4.78, 5) is 35.7. The lowest BCUT2D eigenvalue weighted by Crippen LogP contribution is -2.31. The zero-order valence-corrected chi connectivity index (χ0v) is 18.7. The van der Waals surface area contributed by atoms with Crippen molar-refractivity contribution >= 4 is 38.2 Å². The Morgan fingerprint density at radius 1 is 1.00 bits per heavy atom. The summed E-state index contributed by atoms with van der Waals surface area (Å²) < 4.78 is 15.2. The summed E-state index contributed by atoms with van der Waals surface area (Å²) in [7, 11) is 0. The number of benzene rings is 3. The molecule has 33 heavy (non-hydrogen) atoms. The van der Waals surface area contributed by atoms with Crippen LogP contribution < -0.4 is 5.56 Å². The molecule has 5 aromatic rings. The predicted octanol–water partition coefficient (Wildman–Crippen LogP) is 5.43. The number of nitrogens with zero attached hydrogens (tertiary/aromatic N) is 2. The van der Waals surface area contributed by atoms with E-state index in [1.807, 2.05) is 42.5 Å². The third-order valence-electron chi connectivity index (χ3n) is 5.60. The molecule has 0 saturated carbocycles. The Morgan fingerprint density at radius 3 is 2.55 bits per heavy atom. The fourth-order valence-electron chi connectivity index (χ4n) is 3.99. The number of hydrogen-bond acceptors (Lipinski definition) is 4. The fourth-order valence-corrected chi connectivity index (χ4v) is 5.19. The summed E-state index contributed by atoms with van der Waals surface area (Å²) in [6, 6.07) is 21.6. The lowest BCUT2D eigenvalue weighted by atomic mass is 10.1. The average Bonchev–Trinajstić information content (AvgIpc) is 3.16. The van der Waals surface area contributed by atoms with Gasteiger partial charge in [-0.05, 0) is 42.3 Å². The Morgan fingerprint density at radius 2 is 1.76 bits per heavy atom. The molecule has 164 valence electrons. The van der Waals surface area contributed by atoms with Crippen LogP contribution in [0.15, 0.2) is 77.6 Å². The number of halogens is 1. The Bertz CT molecular complexity index is 1540. The van der Waals surface area contributed by atoms with Gasteiger partial charge in [-0.25, -0.2) is 9.37 Å². The number of aryl methyl sites for hydroxylation is 1. The molecule has 2 aromatic heterocycles. The number of aromatic nitrogens is 2. The number of thiophene rings is 1. The minimum Gasteiger partial charge on any atom is -0.326 e. The summed E-state index contributed by atoms with van der Waals surface area (Å²) >= 11 is 1.28. The highest BCUT2D eigenvalue weighted by atomic mass is 32.1. The molecule has 1 N–H and O–H groups in total. The van der Waals surface area contributed by atoms with Crippen LogP contribution in [0.5, 0.6) is 0 Å². The second-order valence-corrected chi connectivity index (χ2v) is 8.90. The van der Waals surface area contributed by atoms with Crippen molar-refractivity contribution in [1.29, 1.82) is 0 Å². The highest BCUT2D eigenvalue weighted by Crippen LogP contribution is 2.33. The molecule has 0 spiro atoms. The van der Waals surface area contributed by atoms with Crippen LogP contribution in [0.2, 0.25) is 0 Å². The second kappa shape index (κ2) is 8.60. The van der Waals surface area contributed by atoms with Crippen LogP contribution >= 0.6 is 11.3 Å². The van der Waals surface area contributed by atoms with Gasteiger partial charge in [0.25, 0.3) is 11.5 Å². The van der Waals surface area contributed by atoms with E-state index in [4.69, 9.17) is 0 Å². The minimum absolute atomic E-state index is 0.115. The minimum atomic E-state index is -0.338. The summed E-state index contributed by atoms with van der Waals surface area (Å²) in [5.41, 5.74) is 1.89. The molecule has 5 nitrogen and oxygen atoms in total. The van der Waals surface area contributed by atoms with Crippen molar-refractivity contribution in [1.82, 2.24) is 14.9 Å². The lowest BCUT2D eigenvalue weighted by Gasteiger charge is -2.22. The standard InChI is InChI=1S/C26H20FN3O2S/c1-16-23-19(27)11-7-13-21(23)33-24(16)26(32)30(14-17-8-3-2-4-9-17)15-22-28-20-12-6-5-10-18(20)25(31)29-22/h2-13H,14-15H2,1H3,(H,28,29,31). The number of rotatable bonds is 5. The Hall–Kier alpha value is -3.84. The van der Waals surface area contributed by atoms with Gasteiger partial charge in [0.1, 0.15) is 11.6 Å². The van der Waals surface area contributed by atoms with Crippen molar-refractivity contribution in [3.05, 3.63) is 111 Å². The molecular weight excluding hydrogens is 437 g/mol. The van der Waals surface area contributed by atoms with Gasteiger partial charge in [-0.3, -0.25) is 9.59 Å². The molecule has 7 heteroatoms. The number of H-pyrrole nitrogens is 1. The monoisotopic (exact) mass is 457 g/mol. The van der Waals surface area contributed by atoms with Crippen LogP contribution in [0.25, 0.3) is 21.0 Å². The molecule has 2 heterocycles. The van der Waals surface area contributed by atoms with Gasteiger partial charge in [-0.1, -0.05) is 48.5 Å². The lowest BCUT2D eigenvalue weighted by molar-refractivity contribution is 0.0730. The van der Waals surface area contributed by atoms with Gasteiger partial charge in [0.05, 0.1) is 22.3 Å². The molecule has 0 unspecified atom stereocenters. The summed E-state index contributed by atoms with van der Waals surface area (Å²) in [5, 5.41) is 0.973. The van der Waals surface area contributed by atoms with Crippen molar-refractivity contribution in [2.75, 3.05) is 0 Å². The molecule has 0 radical (unpaired) electrons. The molecule has 0 aliphatic rings. The van der Waals surface area contributed by atoms with E-state index in [0.717, 1.165) is 10.3 Å². The number of carbonyl (C=O) groups excluding carboxylic acids is 1. The maximum atomic E-state index is 14.4. The second-order valence-electron chi connectivity index (χ2n) is 7.85. The van der Waals surface area contributed by atoms with Crippen LogP contribution in [0, 0.1) is 12.7 Å². The van der Waals surface area contributed by atoms with Crippen LogP contribution in [0.3, 0.4) is 0 Å². The van der Waals surface area contributed by atoms with E-state index in [1.54, 1.807) is 36.1 Å². The molecule has 0 saturated heterocycles. The average molecular weight is 458 g/mol. The molecule has 1 amide bonds. The van der Waals surface area contributed by atoms with Crippen molar-refractivity contribution in [2.45, 2.75) is 20.0 Å². The quantitative estimate of drug-likeness (QED) is 0.383. The Balaban J connectivity index is 1.56. The van der Waals surface area contributed by atoms with E-state index in [0.29, 0.717) is 39.1 Å². The highest BCUT2D eigenvalue weighted by molar-refractivity contribution is 7.21. The first kappa shape index (κ1) is 21.0. The summed E-state index contributed by atoms with van der Waals surface area (Å²) in [6.07, 6.45) is 0. The van der Waals surface area contributed by atoms with Crippen LogP contribution in [-0.4, -0.2) is 20.8 Å². The number of aromatic amines is 1. The smallest absolute Gasteiger partial charge is 0.264 e. The van der Waals surface area contributed by atoms with Gasteiger partial charge >= 0.3 is 0 Å². The number of fused-ring (bicyclic) bond motifs is 2. The molecule has 0 fully saturated rings. The Labute approximate surface area is 193 Å². The van der Waals surface area contributed by atoms with Crippen molar-refractivity contribution in [3.8, 4) is 0 Å².